The third-order valence-electron chi connectivity index (χ3n) is 4.89. The minimum absolute atomic E-state index is 0.0449. The minimum Gasteiger partial charge on any atom is -0.496 e. The van der Waals surface area contributed by atoms with E-state index in [0.717, 1.165) is 0 Å². The lowest BCUT2D eigenvalue weighted by atomic mass is 10.1. The number of nitro groups is 1. The number of ether oxygens (including phenoxy) is 1. The Balaban J connectivity index is 1.71. The van der Waals surface area contributed by atoms with E-state index in [1.54, 1.807) is 12.1 Å². The molecule has 1 amide bonds. The molecule has 0 saturated heterocycles. The Morgan fingerprint density at radius 2 is 2.12 bits per heavy atom. The van der Waals surface area contributed by atoms with Gasteiger partial charge >= 0.3 is 0 Å². The maximum atomic E-state index is 13.8. The highest BCUT2D eigenvalue weighted by Gasteiger charge is 2.23. The Labute approximate surface area is 184 Å². The predicted molar refractivity (Wildman–Crippen MR) is 113 cm³/mol. The van der Waals surface area contributed by atoms with Crippen LogP contribution in [0.25, 0.3) is 22.5 Å². The maximum Gasteiger partial charge on any atom is 0.296 e. The van der Waals surface area contributed by atoms with Crippen molar-refractivity contribution in [2.75, 3.05) is 12.4 Å². The number of pyridine rings is 1. The van der Waals surface area contributed by atoms with Crippen LogP contribution in [0.1, 0.15) is 17.7 Å². The summed E-state index contributed by atoms with van der Waals surface area (Å²) in [5.74, 6) is -0.124. The summed E-state index contributed by atoms with van der Waals surface area (Å²) < 4.78 is 39.0. The molecule has 0 aliphatic carbocycles. The van der Waals surface area contributed by atoms with Gasteiger partial charge in [0.2, 0.25) is 5.91 Å². The number of rotatable bonds is 7. The third-order valence-corrected chi connectivity index (χ3v) is 4.89. The Hall–Kier alpha value is -4.35. The number of carbonyl (C=O) groups is 1. The van der Waals surface area contributed by atoms with E-state index in [1.165, 1.54) is 49.2 Å². The Kier molecular flexibility index (Phi) is 5.73. The number of amides is 1. The van der Waals surface area contributed by atoms with Crippen molar-refractivity contribution in [3.63, 3.8) is 0 Å². The van der Waals surface area contributed by atoms with Crippen molar-refractivity contribution in [2.24, 2.45) is 0 Å². The zero-order valence-corrected chi connectivity index (χ0v) is 17.4. The molecule has 1 N–H and O–H groups in total. The molecule has 12 heteroatoms. The second-order valence-corrected chi connectivity index (χ2v) is 7.00. The molecule has 0 spiro atoms. The average molecular weight is 457 g/mol. The first-order chi connectivity index (χ1) is 15.8. The topological polar surface area (TPSA) is 125 Å². The summed E-state index contributed by atoms with van der Waals surface area (Å²) >= 11 is 0. The summed E-state index contributed by atoms with van der Waals surface area (Å²) in [6.45, 7) is 1.12. The Morgan fingerprint density at radius 3 is 2.76 bits per heavy atom. The van der Waals surface area contributed by atoms with Gasteiger partial charge < -0.3 is 14.5 Å². The molecular formula is C21H17F2N5O5. The van der Waals surface area contributed by atoms with Gasteiger partial charge in [-0.05, 0) is 37.3 Å². The van der Waals surface area contributed by atoms with Gasteiger partial charge in [-0.2, -0.15) is 5.10 Å². The van der Waals surface area contributed by atoms with Gasteiger partial charge in [0.15, 0.2) is 11.4 Å². The molecule has 170 valence electrons. The summed E-state index contributed by atoms with van der Waals surface area (Å²) in [5.41, 5.74) is -0.200. The molecule has 3 aromatic heterocycles. The number of aryl methyl sites for hydroxylation is 1. The molecule has 0 saturated carbocycles. The van der Waals surface area contributed by atoms with E-state index in [9.17, 15) is 23.7 Å². The molecule has 10 nitrogen and oxygen atoms in total. The van der Waals surface area contributed by atoms with E-state index in [2.05, 4.69) is 15.4 Å². The van der Waals surface area contributed by atoms with Crippen LogP contribution >= 0.6 is 0 Å². The second-order valence-electron chi connectivity index (χ2n) is 7.00. The van der Waals surface area contributed by atoms with Crippen LogP contribution < -0.4 is 10.1 Å². The van der Waals surface area contributed by atoms with Crippen molar-refractivity contribution in [3.8, 4) is 17.2 Å². The molecule has 0 radical (unpaired) electrons. The number of carbonyl (C=O) groups excluding carboxylic acids is 1. The van der Waals surface area contributed by atoms with Crippen LogP contribution in [0, 0.1) is 17.0 Å². The van der Waals surface area contributed by atoms with Crippen LogP contribution in [0.5, 0.6) is 5.75 Å². The Bertz CT molecular complexity index is 1350. The van der Waals surface area contributed by atoms with Crippen LogP contribution in [0.2, 0.25) is 0 Å². The molecule has 0 fully saturated rings. The zero-order valence-electron chi connectivity index (χ0n) is 17.4. The molecule has 0 aliphatic rings. The number of nitrogens with zero attached hydrogens (tertiary/aromatic N) is 4. The van der Waals surface area contributed by atoms with Gasteiger partial charge in [-0.25, -0.2) is 18.4 Å². The van der Waals surface area contributed by atoms with Crippen LogP contribution in [0.15, 0.2) is 47.1 Å². The highest BCUT2D eigenvalue weighted by atomic mass is 19.3. The number of benzene rings is 1. The zero-order chi connectivity index (χ0) is 23.7. The van der Waals surface area contributed by atoms with Crippen molar-refractivity contribution in [1.29, 1.82) is 0 Å². The fourth-order valence-corrected chi connectivity index (χ4v) is 3.44. The second kappa shape index (κ2) is 8.65. The predicted octanol–water partition coefficient (Wildman–Crippen LogP) is 4.49. The van der Waals surface area contributed by atoms with Crippen LogP contribution in [-0.4, -0.2) is 32.7 Å². The third kappa shape index (κ3) is 4.22. The van der Waals surface area contributed by atoms with E-state index in [-0.39, 0.29) is 50.9 Å². The molecule has 33 heavy (non-hydrogen) atoms. The lowest BCUT2D eigenvalue weighted by Crippen LogP contribution is -2.20. The molecule has 0 atom stereocenters. The van der Waals surface area contributed by atoms with Crippen LogP contribution in [0.3, 0.4) is 0 Å². The number of furan rings is 1. The number of hydrogen-bond acceptors (Lipinski definition) is 7. The monoisotopic (exact) mass is 457 g/mol. The first kappa shape index (κ1) is 21.9. The number of halogens is 2. The fourth-order valence-electron chi connectivity index (χ4n) is 3.44. The van der Waals surface area contributed by atoms with Crippen LogP contribution in [0.4, 0.5) is 20.2 Å². The number of hydrogen-bond donors (Lipinski definition) is 1. The Morgan fingerprint density at radius 1 is 1.33 bits per heavy atom. The number of fused-ring (bicyclic) bond motifs is 1. The number of aromatic nitrogens is 3. The smallest absolute Gasteiger partial charge is 0.296 e. The number of methoxy groups -OCH3 is 1. The van der Waals surface area contributed by atoms with Crippen molar-refractivity contribution in [2.45, 2.75) is 19.9 Å². The lowest BCUT2D eigenvalue weighted by Gasteiger charge is -2.09. The average Bonchev–Trinajstić information content (AvgIpc) is 3.42. The molecule has 0 unspecified atom stereocenters. The SMILES string of the molecule is COc1ccc(NC(=O)Cn2nc(C)c3c(C(F)F)cc(-c4ccco4)nc32)c([N+](=O)[O-])c1. The molecule has 0 bridgehead atoms. The molecule has 1 aromatic carbocycles. The van der Waals surface area contributed by atoms with Gasteiger partial charge in [-0.3, -0.25) is 14.9 Å². The number of nitrogens with one attached hydrogen (secondary N) is 1. The molecule has 4 rings (SSSR count). The van der Waals surface area contributed by atoms with E-state index >= 15 is 0 Å². The molecule has 4 aromatic rings. The fraction of sp³-hybridized carbons (Fsp3) is 0.190. The van der Waals surface area contributed by atoms with E-state index in [1.807, 2.05) is 0 Å². The lowest BCUT2D eigenvalue weighted by molar-refractivity contribution is -0.384. The first-order valence-electron chi connectivity index (χ1n) is 9.61. The summed E-state index contributed by atoms with van der Waals surface area (Å²) in [7, 11) is 1.36. The van der Waals surface area contributed by atoms with E-state index in [4.69, 9.17) is 9.15 Å². The standard InChI is InChI=1S/C21H17F2N5O5/c1-11-19-13(20(22)23)9-15(17-4-3-7-33-17)25-21(19)27(26-11)10-18(29)24-14-6-5-12(32-2)8-16(14)28(30)31/h3-9,20H,10H2,1-2H3,(H,24,29). The molecular weight excluding hydrogens is 440 g/mol. The van der Waals surface area contributed by atoms with Crippen molar-refractivity contribution >= 4 is 28.3 Å². The number of anilines is 1. The van der Waals surface area contributed by atoms with E-state index < -0.39 is 23.8 Å². The highest BCUT2D eigenvalue weighted by molar-refractivity contribution is 5.94. The normalized spacial score (nSPS) is 11.2. The number of alkyl halides is 2. The van der Waals surface area contributed by atoms with Gasteiger partial charge in [0.1, 0.15) is 23.7 Å². The van der Waals surface area contributed by atoms with E-state index in [0.29, 0.717) is 0 Å². The van der Waals surface area contributed by atoms with Gasteiger partial charge in [0.05, 0.1) is 35.4 Å². The van der Waals surface area contributed by atoms with Crippen LogP contribution in [-0.2, 0) is 11.3 Å². The largest absolute Gasteiger partial charge is 0.496 e. The minimum atomic E-state index is -2.81. The summed E-state index contributed by atoms with van der Waals surface area (Å²) in [6.07, 6.45) is -1.42. The van der Waals surface area contributed by atoms with Gasteiger partial charge in [0, 0.05) is 5.56 Å². The van der Waals surface area contributed by atoms with Crippen molar-refractivity contribution in [1.82, 2.24) is 14.8 Å². The molecule has 0 aliphatic heterocycles. The molecule has 3 heterocycles. The van der Waals surface area contributed by atoms with Gasteiger partial charge in [-0.15, -0.1) is 0 Å². The first-order valence-corrected chi connectivity index (χ1v) is 9.61. The quantitative estimate of drug-likeness (QED) is 0.320. The van der Waals surface area contributed by atoms with Crippen molar-refractivity contribution < 1.29 is 27.7 Å². The van der Waals surface area contributed by atoms with Gasteiger partial charge in [0.25, 0.3) is 12.1 Å². The summed E-state index contributed by atoms with van der Waals surface area (Å²) in [4.78, 5) is 27.8. The van der Waals surface area contributed by atoms with Gasteiger partial charge in [-0.1, -0.05) is 0 Å². The number of nitro benzene ring substituents is 1. The summed E-state index contributed by atoms with van der Waals surface area (Å²) in [6, 6.07) is 8.37. The highest BCUT2D eigenvalue weighted by Crippen LogP contribution is 2.33. The van der Waals surface area contributed by atoms with Crippen molar-refractivity contribution in [3.05, 3.63) is 64.0 Å². The summed E-state index contributed by atoms with van der Waals surface area (Å²) in [5, 5.41) is 18.1. The maximum absolute atomic E-state index is 13.8.